The summed E-state index contributed by atoms with van der Waals surface area (Å²) < 4.78 is 9.66. The molecule has 0 saturated heterocycles. The Kier molecular flexibility index (Phi) is 5.75. The van der Waals surface area contributed by atoms with Crippen LogP contribution >= 0.6 is 11.3 Å². The molecule has 3 amide bonds. The molecular weight excluding hydrogens is 368 g/mol. The summed E-state index contributed by atoms with van der Waals surface area (Å²) in [4.78, 5) is 37.8. The van der Waals surface area contributed by atoms with Gasteiger partial charge in [-0.2, -0.15) is 0 Å². The maximum Gasteiger partial charge on any atom is 0.413 e. The molecule has 1 aromatic heterocycles. The van der Waals surface area contributed by atoms with E-state index in [0.717, 1.165) is 36.1 Å². The number of amides is 3. The first-order valence-corrected chi connectivity index (χ1v) is 9.34. The van der Waals surface area contributed by atoms with Crippen molar-refractivity contribution in [2.24, 2.45) is 0 Å². The molecule has 0 aliphatic heterocycles. The maximum atomic E-state index is 12.7. The SMILES string of the molecule is COC(=O)NC(=O)c1c(NC(=O)c2cccc(OC)c2)sc2c1CCCC2. The Morgan fingerprint density at radius 3 is 2.59 bits per heavy atom. The fourth-order valence-electron chi connectivity index (χ4n) is 3.04. The van der Waals surface area contributed by atoms with Crippen molar-refractivity contribution in [3.05, 3.63) is 45.8 Å². The van der Waals surface area contributed by atoms with Gasteiger partial charge in [0.05, 0.1) is 19.8 Å². The summed E-state index contributed by atoms with van der Waals surface area (Å²) >= 11 is 1.38. The number of rotatable bonds is 4. The lowest BCUT2D eigenvalue weighted by Crippen LogP contribution is -2.31. The predicted octanol–water partition coefficient (Wildman–Crippen LogP) is 3.38. The zero-order valence-electron chi connectivity index (χ0n) is 15.1. The summed E-state index contributed by atoms with van der Waals surface area (Å²) in [6.45, 7) is 0. The van der Waals surface area contributed by atoms with Crippen LogP contribution in [0.15, 0.2) is 24.3 Å². The molecule has 142 valence electrons. The second kappa shape index (κ2) is 8.22. The first kappa shape index (κ1) is 18.9. The average molecular weight is 388 g/mol. The largest absolute Gasteiger partial charge is 0.497 e. The molecule has 8 heteroatoms. The minimum Gasteiger partial charge on any atom is -0.497 e. The fourth-order valence-corrected chi connectivity index (χ4v) is 4.32. The van der Waals surface area contributed by atoms with Gasteiger partial charge in [0.25, 0.3) is 11.8 Å². The molecule has 0 atom stereocenters. The van der Waals surface area contributed by atoms with E-state index in [1.807, 2.05) is 0 Å². The van der Waals surface area contributed by atoms with Gasteiger partial charge < -0.3 is 14.8 Å². The van der Waals surface area contributed by atoms with Crippen LogP contribution in [0.3, 0.4) is 0 Å². The predicted molar refractivity (Wildman–Crippen MR) is 102 cm³/mol. The van der Waals surface area contributed by atoms with Crippen molar-refractivity contribution >= 4 is 34.2 Å². The van der Waals surface area contributed by atoms with Gasteiger partial charge in [-0.25, -0.2) is 4.79 Å². The van der Waals surface area contributed by atoms with Crippen LogP contribution in [0.2, 0.25) is 0 Å². The Morgan fingerprint density at radius 1 is 1.07 bits per heavy atom. The van der Waals surface area contributed by atoms with Crippen LogP contribution in [0.4, 0.5) is 9.80 Å². The van der Waals surface area contributed by atoms with E-state index in [0.29, 0.717) is 21.9 Å². The standard InChI is InChI=1S/C19H20N2O5S/c1-25-12-7-5-6-11(10-12)16(22)20-18-15(17(23)21-19(24)26-2)13-8-3-4-9-14(13)27-18/h5-7,10H,3-4,8-9H2,1-2H3,(H,20,22)(H,21,23,24). The molecule has 0 unspecified atom stereocenters. The molecule has 2 N–H and O–H groups in total. The zero-order valence-corrected chi connectivity index (χ0v) is 15.9. The summed E-state index contributed by atoms with van der Waals surface area (Å²) in [5.74, 6) is -0.349. The number of alkyl carbamates (subject to hydrolysis) is 1. The molecule has 0 bridgehead atoms. The molecule has 0 radical (unpaired) electrons. The Bertz CT molecular complexity index is 890. The summed E-state index contributed by atoms with van der Waals surface area (Å²) in [6.07, 6.45) is 2.76. The van der Waals surface area contributed by atoms with E-state index in [1.165, 1.54) is 25.6 Å². The lowest BCUT2D eigenvalue weighted by Gasteiger charge is -2.12. The summed E-state index contributed by atoms with van der Waals surface area (Å²) in [5, 5.41) is 5.45. The maximum absolute atomic E-state index is 12.7. The van der Waals surface area contributed by atoms with Crippen LogP contribution in [0.25, 0.3) is 0 Å². The number of carbonyl (C=O) groups excluding carboxylic acids is 3. The number of aryl methyl sites for hydroxylation is 1. The van der Waals surface area contributed by atoms with Gasteiger partial charge >= 0.3 is 6.09 Å². The highest BCUT2D eigenvalue weighted by molar-refractivity contribution is 7.17. The summed E-state index contributed by atoms with van der Waals surface area (Å²) in [6, 6.07) is 6.75. The van der Waals surface area contributed by atoms with Crippen molar-refractivity contribution < 1.29 is 23.9 Å². The van der Waals surface area contributed by atoms with E-state index in [-0.39, 0.29) is 5.91 Å². The van der Waals surface area contributed by atoms with E-state index < -0.39 is 12.0 Å². The monoisotopic (exact) mass is 388 g/mol. The number of hydrogen-bond donors (Lipinski definition) is 2. The third-order valence-corrected chi connectivity index (χ3v) is 5.57. The molecule has 1 aromatic carbocycles. The Hall–Kier alpha value is -2.87. The molecule has 1 aliphatic carbocycles. The van der Waals surface area contributed by atoms with Crippen molar-refractivity contribution in [3.63, 3.8) is 0 Å². The number of ether oxygens (including phenoxy) is 2. The number of nitrogens with one attached hydrogen (secondary N) is 2. The van der Waals surface area contributed by atoms with Crippen molar-refractivity contribution in [2.45, 2.75) is 25.7 Å². The number of anilines is 1. The number of imide groups is 1. The number of thiophene rings is 1. The second-order valence-electron chi connectivity index (χ2n) is 6.05. The van der Waals surface area contributed by atoms with Crippen molar-refractivity contribution in [3.8, 4) is 5.75 Å². The number of benzene rings is 1. The van der Waals surface area contributed by atoms with Crippen LogP contribution in [-0.2, 0) is 17.6 Å². The van der Waals surface area contributed by atoms with Gasteiger partial charge in [-0.3, -0.25) is 14.9 Å². The molecule has 0 spiro atoms. The van der Waals surface area contributed by atoms with E-state index in [2.05, 4.69) is 15.4 Å². The van der Waals surface area contributed by atoms with Crippen LogP contribution in [0, 0.1) is 0 Å². The first-order valence-electron chi connectivity index (χ1n) is 8.52. The molecule has 7 nitrogen and oxygen atoms in total. The van der Waals surface area contributed by atoms with Crippen molar-refractivity contribution in [1.29, 1.82) is 0 Å². The highest BCUT2D eigenvalue weighted by atomic mass is 32.1. The van der Waals surface area contributed by atoms with Gasteiger partial charge in [0.15, 0.2) is 0 Å². The van der Waals surface area contributed by atoms with E-state index >= 15 is 0 Å². The topological polar surface area (TPSA) is 93.7 Å². The molecular formula is C19H20N2O5S. The molecule has 2 aromatic rings. The summed E-state index contributed by atoms with van der Waals surface area (Å²) in [5.41, 5.74) is 1.66. The van der Waals surface area contributed by atoms with Crippen molar-refractivity contribution in [1.82, 2.24) is 5.32 Å². The fraction of sp³-hybridized carbons (Fsp3) is 0.316. The third kappa shape index (κ3) is 4.11. The number of fused-ring (bicyclic) bond motifs is 1. The highest BCUT2D eigenvalue weighted by Gasteiger charge is 2.27. The number of carbonyl (C=O) groups is 3. The Morgan fingerprint density at radius 2 is 1.85 bits per heavy atom. The molecule has 1 aliphatic rings. The third-order valence-electron chi connectivity index (χ3n) is 4.36. The van der Waals surface area contributed by atoms with Crippen molar-refractivity contribution in [2.75, 3.05) is 19.5 Å². The zero-order chi connectivity index (χ0) is 19.4. The Balaban J connectivity index is 1.92. The number of hydrogen-bond acceptors (Lipinski definition) is 6. The van der Waals surface area contributed by atoms with Gasteiger partial charge in [-0.1, -0.05) is 6.07 Å². The average Bonchev–Trinajstić information content (AvgIpc) is 3.05. The molecule has 3 rings (SSSR count). The van der Waals surface area contributed by atoms with Gasteiger partial charge in [-0.15, -0.1) is 11.3 Å². The van der Waals surface area contributed by atoms with E-state index in [9.17, 15) is 14.4 Å². The number of methoxy groups -OCH3 is 2. The normalized spacial score (nSPS) is 12.7. The second-order valence-corrected chi connectivity index (χ2v) is 7.15. The van der Waals surface area contributed by atoms with Gasteiger partial charge in [-0.05, 0) is 49.4 Å². The summed E-state index contributed by atoms with van der Waals surface area (Å²) in [7, 11) is 2.72. The van der Waals surface area contributed by atoms with E-state index in [1.54, 1.807) is 24.3 Å². The smallest absolute Gasteiger partial charge is 0.413 e. The van der Waals surface area contributed by atoms with Gasteiger partial charge in [0, 0.05) is 10.4 Å². The Labute approximate surface area is 160 Å². The van der Waals surface area contributed by atoms with Crippen LogP contribution in [0.1, 0.15) is 44.0 Å². The van der Waals surface area contributed by atoms with Crippen LogP contribution < -0.4 is 15.4 Å². The molecule has 0 fully saturated rings. The van der Waals surface area contributed by atoms with Gasteiger partial charge in [0.1, 0.15) is 10.8 Å². The quantitative estimate of drug-likeness (QED) is 0.837. The molecule has 0 saturated carbocycles. The molecule has 27 heavy (non-hydrogen) atoms. The first-order chi connectivity index (χ1) is 13.0. The molecule has 1 heterocycles. The lowest BCUT2D eigenvalue weighted by molar-refractivity contribution is 0.0937. The lowest BCUT2D eigenvalue weighted by atomic mass is 9.95. The van der Waals surface area contributed by atoms with E-state index in [4.69, 9.17) is 4.74 Å². The minimum absolute atomic E-state index is 0.344. The van der Waals surface area contributed by atoms with Gasteiger partial charge in [0.2, 0.25) is 0 Å². The van der Waals surface area contributed by atoms with Crippen LogP contribution in [-0.4, -0.2) is 32.1 Å². The minimum atomic E-state index is -0.833. The van der Waals surface area contributed by atoms with Crippen LogP contribution in [0.5, 0.6) is 5.75 Å². The highest BCUT2D eigenvalue weighted by Crippen LogP contribution is 2.38.